The van der Waals surface area contributed by atoms with Gasteiger partial charge in [-0.1, -0.05) is 20.8 Å². The Kier molecular flexibility index (Phi) is 6.33. The summed E-state index contributed by atoms with van der Waals surface area (Å²) in [7, 11) is 0. The molecule has 0 radical (unpaired) electrons. The highest BCUT2D eigenvalue weighted by Crippen LogP contribution is 2.67. The minimum absolute atomic E-state index is 0.00874. The van der Waals surface area contributed by atoms with E-state index in [1.807, 2.05) is 6.92 Å². The number of aliphatic hydroxyl groups is 2. The number of hydrogen-bond acceptors (Lipinski definition) is 5. The third-order valence-corrected chi connectivity index (χ3v) is 10.4. The third kappa shape index (κ3) is 3.68. The van der Waals surface area contributed by atoms with Crippen molar-refractivity contribution in [3.63, 3.8) is 0 Å². The predicted molar refractivity (Wildman–Crippen MR) is 118 cm³/mol. The van der Waals surface area contributed by atoms with E-state index in [2.05, 4.69) is 20.8 Å². The molecule has 4 rings (SSSR count). The molecule has 5 nitrogen and oxygen atoms in total. The number of Topliss-reactive ketones (excluding diaryl/α,β-unsaturated/α-hetero) is 1. The second-order valence-corrected chi connectivity index (χ2v) is 11.7. The molecule has 4 aliphatic carbocycles. The van der Waals surface area contributed by atoms with Gasteiger partial charge in [0, 0.05) is 12.3 Å². The highest BCUT2D eigenvalue weighted by Gasteiger charge is 2.65. The molecule has 4 aliphatic rings. The zero-order valence-electron chi connectivity index (χ0n) is 19.8. The number of fused-ring (bicyclic) bond motifs is 5. The quantitative estimate of drug-likeness (QED) is 0.636. The van der Waals surface area contributed by atoms with Crippen LogP contribution in [-0.2, 0) is 14.3 Å². The summed E-state index contributed by atoms with van der Waals surface area (Å²) in [5.74, 6) is 1.42. The van der Waals surface area contributed by atoms with Crippen molar-refractivity contribution in [2.24, 2.45) is 46.3 Å². The first-order valence-electron chi connectivity index (χ1n) is 12.7. The maximum Gasteiger partial charge on any atom is 0.305 e. The van der Waals surface area contributed by atoms with Crippen molar-refractivity contribution < 1.29 is 24.5 Å². The van der Waals surface area contributed by atoms with E-state index in [9.17, 15) is 19.8 Å². The van der Waals surface area contributed by atoms with Crippen molar-refractivity contribution in [1.29, 1.82) is 0 Å². The molecule has 0 aromatic carbocycles. The van der Waals surface area contributed by atoms with Crippen LogP contribution in [0.5, 0.6) is 0 Å². The van der Waals surface area contributed by atoms with Gasteiger partial charge in [0.25, 0.3) is 0 Å². The fraction of sp³-hybridized carbons (Fsp3) is 0.923. The molecule has 4 saturated carbocycles. The highest BCUT2D eigenvalue weighted by atomic mass is 16.5. The number of hydrogen-bond donors (Lipinski definition) is 2. The standard InChI is InChI=1S/C26H42O5/c1-5-31-21(28)9-6-15(2)17-7-8-18-22-19(11-13-25(17,18)3)26(4)12-10-16(27)14-20(26)23(29)24(22)30/h15-20,22,24,27,30H,5-14H2,1-4H3/t15-,16-,17-,18+,19+,20+,22+,24+,25-,26-/m1/s1. The van der Waals surface area contributed by atoms with Gasteiger partial charge < -0.3 is 14.9 Å². The highest BCUT2D eigenvalue weighted by molar-refractivity contribution is 5.87. The fourth-order valence-electron chi connectivity index (χ4n) is 8.75. The summed E-state index contributed by atoms with van der Waals surface area (Å²) in [6, 6.07) is 0. The number of ketones is 1. The van der Waals surface area contributed by atoms with Crippen LogP contribution in [-0.4, -0.2) is 40.8 Å². The number of esters is 1. The van der Waals surface area contributed by atoms with E-state index in [-0.39, 0.29) is 34.4 Å². The summed E-state index contributed by atoms with van der Waals surface area (Å²) in [6.45, 7) is 9.20. The van der Waals surface area contributed by atoms with Gasteiger partial charge in [-0.2, -0.15) is 0 Å². The van der Waals surface area contributed by atoms with Crippen LogP contribution in [0.3, 0.4) is 0 Å². The summed E-state index contributed by atoms with van der Waals surface area (Å²) in [5.41, 5.74) is 0.0308. The van der Waals surface area contributed by atoms with E-state index in [0.29, 0.717) is 43.1 Å². The summed E-state index contributed by atoms with van der Waals surface area (Å²) in [5, 5.41) is 21.4. The van der Waals surface area contributed by atoms with E-state index in [1.165, 1.54) is 0 Å². The summed E-state index contributed by atoms with van der Waals surface area (Å²) in [6.07, 6.45) is 6.60. The monoisotopic (exact) mass is 434 g/mol. The second-order valence-electron chi connectivity index (χ2n) is 11.7. The van der Waals surface area contributed by atoms with Gasteiger partial charge in [-0.25, -0.2) is 0 Å². The Morgan fingerprint density at radius 1 is 1.10 bits per heavy atom. The van der Waals surface area contributed by atoms with Crippen LogP contribution in [0, 0.1) is 46.3 Å². The maximum absolute atomic E-state index is 13.3. The van der Waals surface area contributed by atoms with Crippen LogP contribution in [0.25, 0.3) is 0 Å². The van der Waals surface area contributed by atoms with Gasteiger partial charge in [0.05, 0.1) is 12.7 Å². The predicted octanol–water partition coefficient (Wildman–Crippen LogP) is 4.14. The molecule has 10 atom stereocenters. The minimum atomic E-state index is -0.883. The summed E-state index contributed by atoms with van der Waals surface area (Å²) < 4.78 is 5.12. The van der Waals surface area contributed by atoms with Gasteiger partial charge in [-0.3, -0.25) is 9.59 Å². The van der Waals surface area contributed by atoms with Gasteiger partial charge in [-0.05, 0) is 98.7 Å². The molecule has 2 N–H and O–H groups in total. The first kappa shape index (κ1) is 23.2. The molecular weight excluding hydrogens is 392 g/mol. The van der Waals surface area contributed by atoms with Gasteiger partial charge in [0.1, 0.15) is 6.10 Å². The Bertz CT molecular complexity index is 706. The van der Waals surface area contributed by atoms with Crippen molar-refractivity contribution in [1.82, 2.24) is 0 Å². The van der Waals surface area contributed by atoms with E-state index >= 15 is 0 Å². The van der Waals surface area contributed by atoms with Crippen LogP contribution < -0.4 is 0 Å². The Labute approximate surface area is 187 Å². The Balaban J connectivity index is 1.54. The smallest absolute Gasteiger partial charge is 0.305 e. The lowest BCUT2D eigenvalue weighted by Gasteiger charge is -2.61. The average molecular weight is 435 g/mol. The van der Waals surface area contributed by atoms with Gasteiger partial charge in [-0.15, -0.1) is 0 Å². The molecule has 31 heavy (non-hydrogen) atoms. The minimum Gasteiger partial charge on any atom is -0.466 e. The van der Waals surface area contributed by atoms with Crippen LogP contribution in [0.15, 0.2) is 0 Å². The van der Waals surface area contributed by atoms with E-state index in [4.69, 9.17) is 4.74 Å². The van der Waals surface area contributed by atoms with E-state index in [0.717, 1.165) is 44.9 Å². The lowest BCUT2D eigenvalue weighted by atomic mass is 9.43. The first-order chi connectivity index (χ1) is 14.6. The van der Waals surface area contributed by atoms with Gasteiger partial charge in [0.2, 0.25) is 0 Å². The summed E-state index contributed by atoms with van der Waals surface area (Å²) >= 11 is 0. The average Bonchev–Trinajstić information content (AvgIpc) is 3.08. The van der Waals surface area contributed by atoms with Gasteiger partial charge in [0.15, 0.2) is 5.78 Å². The topological polar surface area (TPSA) is 83.8 Å². The van der Waals surface area contributed by atoms with Crippen LogP contribution in [0.2, 0.25) is 0 Å². The first-order valence-corrected chi connectivity index (χ1v) is 12.7. The molecule has 0 aromatic heterocycles. The molecule has 0 heterocycles. The van der Waals surface area contributed by atoms with Crippen molar-refractivity contribution in [2.45, 2.75) is 97.7 Å². The van der Waals surface area contributed by atoms with Crippen molar-refractivity contribution >= 4 is 11.8 Å². The maximum atomic E-state index is 13.3. The zero-order valence-corrected chi connectivity index (χ0v) is 19.8. The number of ether oxygens (including phenoxy) is 1. The number of rotatable bonds is 5. The molecular formula is C26H42O5. The largest absolute Gasteiger partial charge is 0.466 e. The van der Waals surface area contributed by atoms with Crippen molar-refractivity contribution in [3.05, 3.63) is 0 Å². The molecule has 5 heteroatoms. The molecule has 0 aromatic rings. The molecule has 176 valence electrons. The number of aliphatic hydroxyl groups excluding tert-OH is 2. The molecule has 0 amide bonds. The molecule has 0 saturated heterocycles. The Morgan fingerprint density at radius 3 is 2.48 bits per heavy atom. The SMILES string of the molecule is CCOC(=O)CC[C@@H](C)[C@H]1CC[C@H]2[C@@H]3[C@H](O)C(=O)[C@@H]4C[C@H](O)CC[C@]4(C)[C@H]3CC[C@]12C. The van der Waals surface area contributed by atoms with E-state index < -0.39 is 12.2 Å². The second kappa shape index (κ2) is 8.44. The molecule has 0 unspecified atom stereocenters. The number of carbonyl (C=O) groups excluding carboxylic acids is 2. The molecule has 0 aliphatic heterocycles. The van der Waals surface area contributed by atoms with Crippen LogP contribution in [0.1, 0.15) is 85.5 Å². The Morgan fingerprint density at radius 2 is 1.77 bits per heavy atom. The summed E-state index contributed by atoms with van der Waals surface area (Å²) in [4.78, 5) is 25.2. The fourth-order valence-corrected chi connectivity index (χ4v) is 8.75. The third-order valence-electron chi connectivity index (χ3n) is 10.4. The van der Waals surface area contributed by atoms with Crippen LogP contribution in [0.4, 0.5) is 0 Å². The normalized spacial score (nSPS) is 47.8. The van der Waals surface area contributed by atoms with Crippen molar-refractivity contribution in [3.8, 4) is 0 Å². The lowest BCUT2D eigenvalue weighted by Crippen LogP contribution is -2.62. The lowest BCUT2D eigenvalue weighted by molar-refractivity contribution is -0.184. The number of carbonyl (C=O) groups is 2. The van der Waals surface area contributed by atoms with E-state index in [1.54, 1.807) is 0 Å². The molecule has 0 bridgehead atoms. The zero-order chi connectivity index (χ0) is 22.6. The molecule has 0 spiro atoms. The van der Waals surface area contributed by atoms with Crippen LogP contribution >= 0.6 is 0 Å². The molecule has 4 fully saturated rings. The van der Waals surface area contributed by atoms with Gasteiger partial charge >= 0.3 is 5.97 Å². The Hall–Kier alpha value is -0.940. The van der Waals surface area contributed by atoms with Crippen molar-refractivity contribution in [2.75, 3.05) is 6.61 Å².